The first-order chi connectivity index (χ1) is 14.8. The van der Waals surface area contributed by atoms with Crippen molar-refractivity contribution in [3.05, 3.63) is 24.3 Å². The van der Waals surface area contributed by atoms with E-state index in [9.17, 15) is 0 Å². The van der Waals surface area contributed by atoms with Crippen molar-refractivity contribution in [2.45, 2.75) is 129 Å². The third-order valence-electron chi connectivity index (χ3n) is 9.16. The summed E-state index contributed by atoms with van der Waals surface area (Å²) < 4.78 is 0. The van der Waals surface area contributed by atoms with Crippen LogP contribution in [-0.2, 0) is 0 Å². The van der Waals surface area contributed by atoms with E-state index in [2.05, 4.69) is 38.2 Å². The molecule has 3 saturated carbocycles. The molecular weight excluding hydrogens is 360 g/mol. The molecule has 3 fully saturated rings. The van der Waals surface area contributed by atoms with Gasteiger partial charge in [-0.05, 0) is 119 Å². The van der Waals surface area contributed by atoms with Gasteiger partial charge in [-0.25, -0.2) is 0 Å². The van der Waals surface area contributed by atoms with Crippen LogP contribution in [0, 0.1) is 35.5 Å². The third kappa shape index (κ3) is 8.20. The normalized spacial score (nSPS) is 35.9. The van der Waals surface area contributed by atoms with Crippen LogP contribution >= 0.6 is 0 Å². The minimum absolute atomic E-state index is 0.890. The molecule has 0 aliphatic heterocycles. The lowest BCUT2D eigenvalue weighted by atomic mass is 9.68. The Morgan fingerprint density at radius 3 is 1.53 bits per heavy atom. The number of allylic oxidation sites excluding steroid dienone is 4. The van der Waals surface area contributed by atoms with Gasteiger partial charge in [0.15, 0.2) is 0 Å². The molecule has 0 aromatic heterocycles. The SMILES string of the molecule is C/C=C/CCC1CCC(/C=C/CCC2CCC(C3CCC(CCC)CC3)CC2)CC1. The fourth-order valence-corrected chi connectivity index (χ4v) is 7.09. The van der Waals surface area contributed by atoms with Crippen molar-refractivity contribution in [1.29, 1.82) is 0 Å². The van der Waals surface area contributed by atoms with Crippen LogP contribution in [0.15, 0.2) is 24.3 Å². The summed E-state index contributed by atoms with van der Waals surface area (Å²) in [6, 6.07) is 0. The molecule has 0 heteroatoms. The molecule has 0 saturated heterocycles. The van der Waals surface area contributed by atoms with E-state index in [0.717, 1.165) is 35.5 Å². The Balaban J connectivity index is 1.23. The van der Waals surface area contributed by atoms with Gasteiger partial charge in [0, 0.05) is 0 Å². The van der Waals surface area contributed by atoms with E-state index in [1.54, 1.807) is 38.5 Å². The second kappa shape index (κ2) is 13.8. The Bertz CT molecular complexity index is 476. The highest BCUT2D eigenvalue weighted by molar-refractivity contribution is 4.92. The molecule has 0 atom stereocenters. The van der Waals surface area contributed by atoms with E-state index in [1.165, 1.54) is 77.0 Å². The molecule has 3 aliphatic carbocycles. The fraction of sp³-hybridized carbons (Fsp3) is 0.867. The van der Waals surface area contributed by atoms with Crippen molar-refractivity contribution in [3.8, 4) is 0 Å². The van der Waals surface area contributed by atoms with E-state index < -0.39 is 0 Å². The fourth-order valence-electron chi connectivity index (χ4n) is 7.09. The van der Waals surface area contributed by atoms with E-state index in [-0.39, 0.29) is 0 Å². The predicted molar refractivity (Wildman–Crippen MR) is 134 cm³/mol. The highest BCUT2D eigenvalue weighted by atomic mass is 14.4. The molecule has 0 amide bonds. The van der Waals surface area contributed by atoms with Gasteiger partial charge in [0.25, 0.3) is 0 Å². The highest BCUT2D eigenvalue weighted by Crippen LogP contribution is 2.43. The lowest BCUT2D eigenvalue weighted by Crippen LogP contribution is -2.25. The smallest absolute Gasteiger partial charge is 0.0233 e. The van der Waals surface area contributed by atoms with Crippen LogP contribution in [-0.4, -0.2) is 0 Å². The summed E-state index contributed by atoms with van der Waals surface area (Å²) in [7, 11) is 0. The van der Waals surface area contributed by atoms with Crippen molar-refractivity contribution in [2.24, 2.45) is 35.5 Å². The Hall–Kier alpha value is -0.520. The molecule has 0 heterocycles. The molecule has 0 N–H and O–H groups in total. The molecular formula is C30H52. The average Bonchev–Trinajstić information content (AvgIpc) is 2.79. The molecule has 172 valence electrons. The second-order valence-electron chi connectivity index (χ2n) is 11.3. The molecule has 0 unspecified atom stereocenters. The van der Waals surface area contributed by atoms with E-state index in [0.29, 0.717) is 0 Å². The molecule has 0 radical (unpaired) electrons. The van der Waals surface area contributed by atoms with Gasteiger partial charge in [-0.15, -0.1) is 0 Å². The van der Waals surface area contributed by atoms with Gasteiger partial charge in [-0.3, -0.25) is 0 Å². The van der Waals surface area contributed by atoms with Gasteiger partial charge < -0.3 is 0 Å². The van der Waals surface area contributed by atoms with Gasteiger partial charge in [0.1, 0.15) is 0 Å². The van der Waals surface area contributed by atoms with Gasteiger partial charge in [-0.2, -0.15) is 0 Å². The Kier molecular flexibility index (Phi) is 11.1. The summed E-state index contributed by atoms with van der Waals surface area (Å²) in [5.41, 5.74) is 0. The van der Waals surface area contributed by atoms with Crippen molar-refractivity contribution in [3.63, 3.8) is 0 Å². The zero-order valence-electron chi connectivity index (χ0n) is 20.5. The van der Waals surface area contributed by atoms with Crippen molar-refractivity contribution < 1.29 is 0 Å². The van der Waals surface area contributed by atoms with Crippen molar-refractivity contribution in [1.82, 2.24) is 0 Å². The van der Waals surface area contributed by atoms with Crippen LogP contribution < -0.4 is 0 Å². The molecule has 3 aliphatic rings. The summed E-state index contributed by atoms with van der Waals surface area (Å²) in [5.74, 6) is 6.17. The molecule has 0 nitrogen and oxygen atoms in total. The van der Waals surface area contributed by atoms with Crippen LogP contribution in [0.5, 0.6) is 0 Å². The van der Waals surface area contributed by atoms with Gasteiger partial charge >= 0.3 is 0 Å². The Labute approximate surface area is 189 Å². The quantitative estimate of drug-likeness (QED) is 0.313. The van der Waals surface area contributed by atoms with Gasteiger partial charge in [0.2, 0.25) is 0 Å². The zero-order valence-corrected chi connectivity index (χ0v) is 20.5. The molecule has 0 bridgehead atoms. The second-order valence-corrected chi connectivity index (χ2v) is 11.3. The van der Waals surface area contributed by atoms with E-state index in [4.69, 9.17) is 0 Å². The summed E-state index contributed by atoms with van der Waals surface area (Å²) >= 11 is 0. The maximum atomic E-state index is 2.60. The highest BCUT2D eigenvalue weighted by Gasteiger charge is 2.30. The maximum absolute atomic E-state index is 2.60. The number of rotatable bonds is 10. The Morgan fingerprint density at radius 1 is 0.567 bits per heavy atom. The predicted octanol–water partition coefficient (Wildman–Crippen LogP) is 9.90. The third-order valence-corrected chi connectivity index (χ3v) is 9.16. The molecule has 0 aromatic rings. The largest absolute Gasteiger partial charge is 0.0917 e. The van der Waals surface area contributed by atoms with Crippen LogP contribution in [0.25, 0.3) is 0 Å². The summed E-state index contributed by atoms with van der Waals surface area (Å²) in [6.07, 6.45) is 36.3. The van der Waals surface area contributed by atoms with Crippen molar-refractivity contribution in [2.75, 3.05) is 0 Å². The number of hydrogen-bond acceptors (Lipinski definition) is 0. The van der Waals surface area contributed by atoms with Crippen molar-refractivity contribution >= 4 is 0 Å². The molecule has 30 heavy (non-hydrogen) atoms. The molecule has 3 rings (SSSR count). The van der Waals surface area contributed by atoms with Crippen LogP contribution in [0.3, 0.4) is 0 Å². The topological polar surface area (TPSA) is 0 Å². The minimum atomic E-state index is 0.890. The van der Waals surface area contributed by atoms with Gasteiger partial charge in [-0.1, -0.05) is 69.8 Å². The monoisotopic (exact) mass is 412 g/mol. The zero-order chi connectivity index (χ0) is 21.0. The first kappa shape index (κ1) is 24.1. The summed E-state index contributed by atoms with van der Waals surface area (Å²) in [4.78, 5) is 0. The average molecular weight is 413 g/mol. The molecule has 0 spiro atoms. The number of hydrogen-bond donors (Lipinski definition) is 0. The van der Waals surface area contributed by atoms with E-state index in [1.807, 2.05) is 0 Å². The standard InChI is InChI=1S/C30H52/c1-3-5-6-10-26-13-15-27(16-14-26)11-7-8-12-28-19-23-30(24-20-28)29-21-17-25(9-4-2)18-22-29/h3,5,7,11,25-30H,4,6,8-10,12-24H2,1-2H3/b5-3+,11-7+. The lowest BCUT2D eigenvalue weighted by Gasteiger charge is -2.38. The molecule has 0 aromatic carbocycles. The first-order valence-corrected chi connectivity index (χ1v) is 14.1. The first-order valence-electron chi connectivity index (χ1n) is 14.1. The lowest BCUT2D eigenvalue weighted by molar-refractivity contribution is 0.141. The maximum Gasteiger partial charge on any atom is -0.0233 e. The van der Waals surface area contributed by atoms with Crippen LogP contribution in [0.2, 0.25) is 0 Å². The summed E-state index contributed by atoms with van der Waals surface area (Å²) in [5, 5.41) is 0. The Morgan fingerprint density at radius 2 is 1.03 bits per heavy atom. The van der Waals surface area contributed by atoms with Crippen LogP contribution in [0.1, 0.15) is 129 Å². The van der Waals surface area contributed by atoms with Crippen LogP contribution in [0.4, 0.5) is 0 Å². The van der Waals surface area contributed by atoms with E-state index >= 15 is 0 Å². The minimum Gasteiger partial charge on any atom is -0.0917 e. The van der Waals surface area contributed by atoms with Gasteiger partial charge in [0.05, 0.1) is 0 Å². The summed E-state index contributed by atoms with van der Waals surface area (Å²) in [6.45, 7) is 4.51.